The maximum atomic E-state index is 12.7. The summed E-state index contributed by atoms with van der Waals surface area (Å²) in [6.07, 6.45) is 2.73. The summed E-state index contributed by atoms with van der Waals surface area (Å²) in [5.74, 6) is -0.0426. The van der Waals surface area contributed by atoms with Crippen LogP contribution in [0.15, 0.2) is 36.9 Å². The highest BCUT2D eigenvalue weighted by atomic mass is 16.6. The molecule has 0 bridgehead atoms. The molecular weight excluding hydrogens is 334 g/mol. The largest absolute Gasteiger partial charge is 0.444 e. The van der Waals surface area contributed by atoms with Gasteiger partial charge in [-0.2, -0.15) is 5.10 Å². The maximum absolute atomic E-state index is 12.7. The number of ether oxygens (including phenoxy) is 1. The first-order valence-electron chi connectivity index (χ1n) is 8.56. The highest BCUT2D eigenvalue weighted by molar-refractivity contribution is 5.94. The Balaban J connectivity index is 1.57. The fraction of sp³-hybridized carbons (Fsp3) is 0.444. The monoisotopic (exact) mass is 357 g/mol. The molecule has 0 spiro atoms. The van der Waals surface area contributed by atoms with Gasteiger partial charge in [0.1, 0.15) is 18.3 Å². The fourth-order valence-electron chi connectivity index (χ4n) is 2.70. The van der Waals surface area contributed by atoms with Crippen LogP contribution in [0.2, 0.25) is 0 Å². The number of benzene rings is 1. The molecule has 8 heteroatoms. The summed E-state index contributed by atoms with van der Waals surface area (Å²) in [5.41, 5.74) is 0.934. The molecule has 1 aromatic heterocycles. The molecule has 0 unspecified atom stereocenters. The quantitative estimate of drug-likeness (QED) is 0.821. The standard InChI is InChI=1S/C18H23N5O3/c1-18(2,3)26-17(25)22-10-8-21(9-11-22)16(24)14-4-6-15(7-5-14)23-13-19-12-20-23/h4-7,12-13H,8-11H2,1-3H3. The van der Waals surface area contributed by atoms with E-state index in [1.807, 2.05) is 32.9 Å². The molecule has 138 valence electrons. The van der Waals surface area contributed by atoms with Crippen LogP contribution in [0.1, 0.15) is 31.1 Å². The molecule has 1 aliphatic heterocycles. The van der Waals surface area contributed by atoms with E-state index in [4.69, 9.17) is 4.74 Å². The number of hydrogen-bond acceptors (Lipinski definition) is 5. The lowest BCUT2D eigenvalue weighted by Crippen LogP contribution is -2.51. The summed E-state index contributed by atoms with van der Waals surface area (Å²) in [7, 11) is 0. The molecule has 2 amide bonds. The Morgan fingerprint density at radius 2 is 1.62 bits per heavy atom. The molecule has 2 heterocycles. The molecule has 1 aliphatic rings. The Morgan fingerprint density at radius 3 is 2.15 bits per heavy atom. The van der Waals surface area contributed by atoms with Crippen LogP contribution in [0.3, 0.4) is 0 Å². The summed E-state index contributed by atoms with van der Waals surface area (Å²) in [6, 6.07) is 7.22. The van der Waals surface area contributed by atoms with Crippen molar-refractivity contribution in [2.75, 3.05) is 26.2 Å². The summed E-state index contributed by atoms with van der Waals surface area (Å²) < 4.78 is 7.01. The van der Waals surface area contributed by atoms with E-state index in [2.05, 4.69) is 10.1 Å². The maximum Gasteiger partial charge on any atom is 0.410 e. The van der Waals surface area contributed by atoms with Crippen LogP contribution in [0.25, 0.3) is 5.69 Å². The van der Waals surface area contributed by atoms with E-state index in [1.165, 1.54) is 6.33 Å². The van der Waals surface area contributed by atoms with Crippen LogP contribution in [-0.2, 0) is 4.74 Å². The normalized spacial score (nSPS) is 15.0. The van der Waals surface area contributed by atoms with E-state index < -0.39 is 5.60 Å². The summed E-state index contributed by atoms with van der Waals surface area (Å²) >= 11 is 0. The van der Waals surface area contributed by atoms with Crippen LogP contribution in [0, 0.1) is 0 Å². The van der Waals surface area contributed by atoms with Gasteiger partial charge in [-0.15, -0.1) is 0 Å². The Kier molecular flexibility index (Phi) is 4.92. The molecule has 0 aliphatic carbocycles. The first-order chi connectivity index (χ1) is 12.3. The second-order valence-electron chi connectivity index (χ2n) is 7.15. The van der Waals surface area contributed by atoms with Crippen LogP contribution in [0.4, 0.5) is 4.79 Å². The third-order valence-corrected chi connectivity index (χ3v) is 4.02. The fourth-order valence-corrected chi connectivity index (χ4v) is 2.70. The molecular formula is C18H23N5O3. The van der Waals surface area contributed by atoms with Gasteiger partial charge in [0.25, 0.3) is 5.91 Å². The van der Waals surface area contributed by atoms with E-state index in [1.54, 1.807) is 32.9 Å². The van der Waals surface area contributed by atoms with Gasteiger partial charge in [0.2, 0.25) is 0 Å². The van der Waals surface area contributed by atoms with E-state index in [9.17, 15) is 9.59 Å². The highest BCUT2D eigenvalue weighted by Crippen LogP contribution is 2.15. The lowest BCUT2D eigenvalue weighted by atomic mass is 10.1. The molecule has 8 nitrogen and oxygen atoms in total. The SMILES string of the molecule is CC(C)(C)OC(=O)N1CCN(C(=O)c2ccc(-n3cncn3)cc2)CC1. The zero-order valence-electron chi connectivity index (χ0n) is 15.3. The van der Waals surface area contributed by atoms with Crippen molar-refractivity contribution in [3.8, 4) is 5.69 Å². The van der Waals surface area contributed by atoms with Crippen molar-refractivity contribution in [2.24, 2.45) is 0 Å². The Labute approximate surface area is 152 Å². The smallest absolute Gasteiger partial charge is 0.410 e. The number of carbonyl (C=O) groups excluding carboxylic acids is 2. The van der Waals surface area contributed by atoms with Crippen molar-refractivity contribution in [3.63, 3.8) is 0 Å². The predicted molar refractivity (Wildman–Crippen MR) is 95.1 cm³/mol. The van der Waals surface area contributed by atoms with Crippen LogP contribution in [-0.4, -0.2) is 68.3 Å². The van der Waals surface area contributed by atoms with Gasteiger partial charge in [-0.3, -0.25) is 4.79 Å². The molecule has 1 aromatic carbocycles. The van der Waals surface area contributed by atoms with E-state index in [0.717, 1.165) is 5.69 Å². The Morgan fingerprint density at radius 1 is 1.00 bits per heavy atom. The summed E-state index contributed by atoms with van der Waals surface area (Å²) in [4.78, 5) is 32.1. The minimum absolute atomic E-state index is 0.0426. The zero-order chi connectivity index (χ0) is 18.7. The summed E-state index contributed by atoms with van der Waals surface area (Å²) in [6.45, 7) is 7.44. The average Bonchev–Trinajstić information content (AvgIpc) is 3.14. The van der Waals surface area contributed by atoms with Gasteiger partial charge in [0, 0.05) is 31.7 Å². The van der Waals surface area contributed by atoms with E-state index in [-0.39, 0.29) is 12.0 Å². The van der Waals surface area contributed by atoms with Gasteiger partial charge >= 0.3 is 6.09 Å². The first-order valence-corrected chi connectivity index (χ1v) is 8.56. The number of rotatable bonds is 2. The number of piperazine rings is 1. The van der Waals surface area contributed by atoms with Gasteiger partial charge in [-0.25, -0.2) is 14.5 Å². The lowest BCUT2D eigenvalue weighted by molar-refractivity contribution is 0.0141. The van der Waals surface area contributed by atoms with Crippen LogP contribution in [0.5, 0.6) is 0 Å². The molecule has 3 rings (SSSR count). The number of nitrogens with zero attached hydrogens (tertiary/aromatic N) is 5. The van der Waals surface area contributed by atoms with E-state index in [0.29, 0.717) is 31.7 Å². The molecule has 26 heavy (non-hydrogen) atoms. The molecule has 0 radical (unpaired) electrons. The van der Waals surface area contributed by atoms with Crippen molar-refractivity contribution >= 4 is 12.0 Å². The molecule has 2 aromatic rings. The first kappa shape index (κ1) is 17.9. The number of amides is 2. The van der Waals surface area contributed by atoms with Crippen LogP contribution < -0.4 is 0 Å². The van der Waals surface area contributed by atoms with Crippen molar-refractivity contribution in [1.82, 2.24) is 24.6 Å². The third kappa shape index (κ3) is 4.19. The highest BCUT2D eigenvalue weighted by Gasteiger charge is 2.28. The second-order valence-corrected chi connectivity index (χ2v) is 7.15. The minimum atomic E-state index is -0.518. The lowest BCUT2D eigenvalue weighted by Gasteiger charge is -2.35. The minimum Gasteiger partial charge on any atom is -0.444 e. The van der Waals surface area contributed by atoms with Gasteiger partial charge < -0.3 is 14.5 Å². The van der Waals surface area contributed by atoms with Crippen molar-refractivity contribution in [2.45, 2.75) is 26.4 Å². The Bertz CT molecular complexity index is 757. The topological polar surface area (TPSA) is 80.6 Å². The molecule has 0 saturated carbocycles. The third-order valence-electron chi connectivity index (χ3n) is 4.02. The van der Waals surface area contributed by atoms with Gasteiger partial charge in [-0.05, 0) is 45.0 Å². The van der Waals surface area contributed by atoms with Crippen molar-refractivity contribution in [1.29, 1.82) is 0 Å². The van der Waals surface area contributed by atoms with Gasteiger partial charge in [0.15, 0.2) is 0 Å². The van der Waals surface area contributed by atoms with E-state index >= 15 is 0 Å². The molecule has 1 fully saturated rings. The van der Waals surface area contributed by atoms with Gasteiger partial charge in [0.05, 0.1) is 5.69 Å². The average molecular weight is 357 g/mol. The predicted octanol–water partition coefficient (Wildman–Crippen LogP) is 1.96. The zero-order valence-corrected chi connectivity index (χ0v) is 15.3. The molecule has 0 N–H and O–H groups in total. The van der Waals surface area contributed by atoms with Gasteiger partial charge in [-0.1, -0.05) is 0 Å². The van der Waals surface area contributed by atoms with Crippen molar-refractivity contribution < 1.29 is 14.3 Å². The van der Waals surface area contributed by atoms with Crippen LogP contribution >= 0.6 is 0 Å². The second kappa shape index (κ2) is 7.15. The number of aromatic nitrogens is 3. The molecule has 0 atom stereocenters. The Hall–Kier alpha value is -2.90. The molecule has 1 saturated heterocycles. The number of hydrogen-bond donors (Lipinski definition) is 0. The summed E-state index contributed by atoms with van der Waals surface area (Å²) in [5, 5.41) is 4.06. The number of carbonyl (C=O) groups is 2. The van der Waals surface area contributed by atoms with Crippen molar-refractivity contribution in [3.05, 3.63) is 42.5 Å².